The van der Waals surface area contributed by atoms with Crippen molar-refractivity contribution >= 4 is 18.5 Å². The van der Waals surface area contributed by atoms with Crippen LogP contribution in [-0.2, 0) is 9.31 Å². The van der Waals surface area contributed by atoms with Crippen LogP contribution in [0.1, 0.15) is 38.1 Å². The van der Waals surface area contributed by atoms with Crippen molar-refractivity contribution in [1.29, 1.82) is 0 Å². The van der Waals surface area contributed by atoms with Crippen LogP contribution in [0.5, 0.6) is 0 Å². The van der Waals surface area contributed by atoms with Gasteiger partial charge in [-0.25, -0.2) is 4.39 Å². The first-order valence-electron chi connectivity index (χ1n) is 7.60. The van der Waals surface area contributed by atoms with Gasteiger partial charge in [0, 0.05) is 24.6 Å². The predicted molar refractivity (Wildman–Crippen MR) is 86.2 cm³/mol. The second-order valence-corrected chi connectivity index (χ2v) is 6.77. The lowest BCUT2D eigenvalue weighted by Gasteiger charge is -2.32. The second-order valence-electron chi connectivity index (χ2n) is 6.77. The van der Waals surface area contributed by atoms with Crippen molar-refractivity contribution in [3.8, 4) is 0 Å². The highest BCUT2D eigenvalue weighted by Crippen LogP contribution is 2.36. The fourth-order valence-electron chi connectivity index (χ4n) is 2.29. The van der Waals surface area contributed by atoms with Crippen LogP contribution >= 0.6 is 0 Å². The molecule has 0 aliphatic carbocycles. The zero-order chi connectivity index (χ0) is 17.4. The molecule has 0 radical (unpaired) electrons. The molecule has 2 rings (SSSR count). The van der Waals surface area contributed by atoms with Gasteiger partial charge in [0.2, 0.25) is 0 Å². The van der Waals surface area contributed by atoms with Gasteiger partial charge in [0.25, 0.3) is 5.91 Å². The Kier molecular flexibility index (Phi) is 4.85. The number of hydrogen-bond acceptors (Lipinski definition) is 4. The number of hydrogen-bond donors (Lipinski definition) is 1. The molecule has 1 N–H and O–H groups in total. The molecule has 1 amide bonds. The van der Waals surface area contributed by atoms with Crippen molar-refractivity contribution in [2.75, 3.05) is 20.2 Å². The van der Waals surface area contributed by atoms with E-state index in [2.05, 4.69) is 0 Å². The number of nitrogens with zero attached hydrogens (tertiary/aromatic N) is 1. The summed E-state index contributed by atoms with van der Waals surface area (Å²) in [6.07, 6.45) is 0. The molecule has 1 aromatic carbocycles. The van der Waals surface area contributed by atoms with E-state index in [1.54, 1.807) is 13.1 Å². The summed E-state index contributed by atoms with van der Waals surface area (Å²) < 4.78 is 26.1. The van der Waals surface area contributed by atoms with Crippen LogP contribution < -0.4 is 5.46 Å². The minimum absolute atomic E-state index is 0.142. The molecule has 1 saturated heterocycles. The van der Waals surface area contributed by atoms with Crippen molar-refractivity contribution < 1.29 is 23.6 Å². The minimum atomic E-state index is -0.806. The van der Waals surface area contributed by atoms with Crippen LogP contribution in [0.15, 0.2) is 18.2 Å². The molecule has 126 valence electrons. The number of aliphatic hydroxyl groups excluding tert-OH is 1. The van der Waals surface area contributed by atoms with Gasteiger partial charge in [-0.3, -0.25) is 4.79 Å². The molecule has 7 heteroatoms. The van der Waals surface area contributed by atoms with Gasteiger partial charge < -0.3 is 19.3 Å². The molecule has 1 aromatic rings. The maximum Gasteiger partial charge on any atom is 0.497 e. The summed E-state index contributed by atoms with van der Waals surface area (Å²) in [5.74, 6) is -0.898. The predicted octanol–water partition coefficient (Wildman–Crippen LogP) is 1.19. The van der Waals surface area contributed by atoms with Crippen molar-refractivity contribution in [2.45, 2.75) is 38.9 Å². The first-order chi connectivity index (χ1) is 10.6. The van der Waals surface area contributed by atoms with Gasteiger partial charge in [0.15, 0.2) is 0 Å². The number of aliphatic hydroxyl groups is 1. The molecule has 1 fully saturated rings. The number of carbonyl (C=O) groups excluding carboxylic acids is 1. The smallest absolute Gasteiger partial charge is 0.399 e. The molecule has 0 aromatic heterocycles. The summed E-state index contributed by atoms with van der Waals surface area (Å²) in [5, 5.41) is 8.87. The van der Waals surface area contributed by atoms with Crippen LogP contribution in [0.25, 0.3) is 0 Å². The SMILES string of the molecule is CN(CCO)C(=O)c1ccc(B2OC(C)(C)C(C)(C)O2)c(F)c1. The highest BCUT2D eigenvalue weighted by atomic mass is 19.1. The average molecular weight is 323 g/mol. The van der Waals surface area contributed by atoms with E-state index < -0.39 is 24.1 Å². The van der Waals surface area contributed by atoms with E-state index in [9.17, 15) is 9.18 Å². The molecule has 1 aliphatic rings. The Morgan fingerprint density at radius 1 is 1.26 bits per heavy atom. The van der Waals surface area contributed by atoms with E-state index in [1.807, 2.05) is 27.7 Å². The first-order valence-corrected chi connectivity index (χ1v) is 7.60. The summed E-state index contributed by atoms with van der Waals surface area (Å²) in [7, 11) is 0.748. The molecule has 0 bridgehead atoms. The molecule has 1 aliphatic heterocycles. The van der Waals surface area contributed by atoms with E-state index >= 15 is 0 Å². The third-order valence-electron chi connectivity index (χ3n) is 4.54. The lowest BCUT2D eigenvalue weighted by atomic mass is 9.78. The van der Waals surface area contributed by atoms with E-state index in [0.717, 1.165) is 0 Å². The Hall–Kier alpha value is -1.44. The summed E-state index contributed by atoms with van der Waals surface area (Å²) in [6, 6.07) is 4.23. The fraction of sp³-hybridized carbons (Fsp3) is 0.562. The zero-order valence-corrected chi connectivity index (χ0v) is 14.2. The molecule has 5 nitrogen and oxygen atoms in total. The third-order valence-corrected chi connectivity index (χ3v) is 4.54. The maximum absolute atomic E-state index is 14.4. The lowest BCUT2D eigenvalue weighted by Crippen LogP contribution is -2.41. The van der Waals surface area contributed by atoms with E-state index in [1.165, 1.54) is 17.0 Å². The van der Waals surface area contributed by atoms with Crippen molar-refractivity contribution in [2.24, 2.45) is 0 Å². The standard InChI is InChI=1S/C16H23BFNO4/c1-15(2)16(3,4)23-17(22-15)12-7-6-11(10-13(12)18)14(21)19(5)8-9-20/h6-7,10,20H,8-9H2,1-5H3. The Morgan fingerprint density at radius 3 is 2.30 bits per heavy atom. The molecule has 0 atom stereocenters. The molecular weight excluding hydrogens is 300 g/mol. The van der Waals surface area contributed by atoms with Gasteiger partial charge in [-0.15, -0.1) is 0 Å². The number of amides is 1. The Bertz CT molecular complexity index is 590. The second kappa shape index (κ2) is 6.22. The van der Waals surface area contributed by atoms with Crippen LogP contribution in [0.3, 0.4) is 0 Å². The van der Waals surface area contributed by atoms with Crippen molar-refractivity contribution in [3.63, 3.8) is 0 Å². The molecule has 0 unspecified atom stereocenters. The minimum Gasteiger partial charge on any atom is -0.399 e. The van der Waals surface area contributed by atoms with Gasteiger partial charge in [0.1, 0.15) is 5.82 Å². The quantitative estimate of drug-likeness (QED) is 0.846. The molecule has 23 heavy (non-hydrogen) atoms. The molecule has 0 saturated carbocycles. The van der Waals surface area contributed by atoms with Gasteiger partial charge in [-0.1, -0.05) is 6.07 Å². The van der Waals surface area contributed by atoms with Gasteiger partial charge in [-0.05, 0) is 39.8 Å². The average Bonchev–Trinajstić information content (AvgIpc) is 2.66. The van der Waals surface area contributed by atoms with Gasteiger partial charge in [0.05, 0.1) is 17.8 Å². The fourth-order valence-corrected chi connectivity index (χ4v) is 2.29. The number of likely N-dealkylation sites (N-methyl/N-ethyl adjacent to an activating group) is 1. The van der Waals surface area contributed by atoms with E-state index in [0.29, 0.717) is 0 Å². The number of benzene rings is 1. The Morgan fingerprint density at radius 2 is 1.83 bits per heavy atom. The highest BCUT2D eigenvalue weighted by Gasteiger charge is 2.52. The number of carbonyl (C=O) groups is 1. The summed E-state index contributed by atoms with van der Waals surface area (Å²) >= 11 is 0. The summed E-state index contributed by atoms with van der Waals surface area (Å²) in [4.78, 5) is 13.4. The lowest BCUT2D eigenvalue weighted by molar-refractivity contribution is 0.00578. The largest absolute Gasteiger partial charge is 0.497 e. The molecular formula is C16H23BFNO4. The van der Waals surface area contributed by atoms with E-state index in [4.69, 9.17) is 14.4 Å². The van der Waals surface area contributed by atoms with Gasteiger partial charge >= 0.3 is 7.12 Å². The monoisotopic (exact) mass is 323 g/mol. The summed E-state index contributed by atoms with van der Waals surface area (Å²) in [5.41, 5.74) is -0.622. The van der Waals surface area contributed by atoms with Crippen molar-refractivity contribution in [3.05, 3.63) is 29.6 Å². The van der Waals surface area contributed by atoms with E-state index in [-0.39, 0.29) is 30.1 Å². The number of rotatable bonds is 4. The Labute approximate surface area is 136 Å². The Balaban J connectivity index is 2.23. The maximum atomic E-state index is 14.4. The van der Waals surface area contributed by atoms with Crippen LogP contribution in [0.2, 0.25) is 0 Å². The van der Waals surface area contributed by atoms with Crippen LogP contribution in [-0.4, -0.2) is 54.4 Å². The molecule has 1 heterocycles. The summed E-state index contributed by atoms with van der Waals surface area (Å²) in [6.45, 7) is 7.63. The highest BCUT2D eigenvalue weighted by molar-refractivity contribution is 6.62. The first kappa shape index (κ1) is 17.9. The topological polar surface area (TPSA) is 59.0 Å². The van der Waals surface area contributed by atoms with Crippen LogP contribution in [0, 0.1) is 5.82 Å². The van der Waals surface area contributed by atoms with Gasteiger partial charge in [-0.2, -0.15) is 0 Å². The zero-order valence-electron chi connectivity index (χ0n) is 14.2. The van der Waals surface area contributed by atoms with Crippen LogP contribution in [0.4, 0.5) is 4.39 Å². The van der Waals surface area contributed by atoms with Crippen molar-refractivity contribution in [1.82, 2.24) is 4.90 Å². The third kappa shape index (κ3) is 3.41. The normalized spacial score (nSPS) is 19.0. The number of halogens is 1. The molecule has 0 spiro atoms.